The lowest BCUT2D eigenvalue weighted by atomic mass is 9.87. The number of Topliss-reactive ketones (excluding diaryl/α,β-unsaturated/α-hetero) is 1. The summed E-state index contributed by atoms with van der Waals surface area (Å²) in [5.74, 6) is 0.340. The van der Waals surface area contributed by atoms with Crippen LogP contribution < -0.4 is 0 Å². The third kappa shape index (κ3) is 1.67. The maximum atomic E-state index is 12.2. The molecule has 0 radical (unpaired) electrons. The fourth-order valence-corrected chi connectivity index (χ4v) is 3.67. The predicted molar refractivity (Wildman–Crippen MR) is 71.0 cm³/mol. The van der Waals surface area contributed by atoms with E-state index in [1.54, 1.807) is 11.8 Å². The Bertz CT molecular complexity index is 566. The van der Waals surface area contributed by atoms with E-state index in [-0.39, 0.29) is 5.92 Å². The van der Waals surface area contributed by atoms with Crippen molar-refractivity contribution in [1.82, 2.24) is 0 Å². The first-order valence-corrected chi connectivity index (χ1v) is 6.70. The second-order valence-corrected chi connectivity index (χ2v) is 5.75. The summed E-state index contributed by atoms with van der Waals surface area (Å²) < 4.78 is 0. The molecule has 3 rings (SSSR count). The first kappa shape index (κ1) is 10.8. The molecule has 0 fully saturated rings. The summed E-state index contributed by atoms with van der Waals surface area (Å²) in [6.07, 6.45) is 2.88. The van der Waals surface area contributed by atoms with Crippen molar-refractivity contribution in [2.24, 2.45) is 5.92 Å². The molecule has 1 unspecified atom stereocenters. The van der Waals surface area contributed by atoms with Gasteiger partial charge in [-0.2, -0.15) is 0 Å². The molecule has 2 aliphatic rings. The number of benzene rings is 1. The molecule has 1 nitrogen and oxygen atoms in total. The quantitative estimate of drug-likeness (QED) is 0.689. The topological polar surface area (TPSA) is 17.1 Å². The largest absolute Gasteiger partial charge is 0.294 e. The van der Waals surface area contributed by atoms with E-state index in [0.717, 1.165) is 12.0 Å². The van der Waals surface area contributed by atoms with Crippen LogP contribution in [0.4, 0.5) is 0 Å². The number of ketones is 1. The molecule has 1 atom stereocenters. The summed E-state index contributed by atoms with van der Waals surface area (Å²) in [5.41, 5.74) is 3.55. The van der Waals surface area contributed by atoms with Gasteiger partial charge >= 0.3 is 0 Å². The Morgan fingerprint density at radius 2 is 2.06 bits per heavy atom. The lowest BCUT2D eigenvalue weighted by Gasteiger charge is -2.27. The number of hydrogen-bond donors (Lipinski definition) is 0. The number of fused-ring (bicyclic) bond motifs is 1. The Hall–Kier alpha value is -1.28. The number of thioether (sulfide) groups is 1. The van der Waals surface area contributed by atoms with Gasteiger partial charge in [0.1, 0.15) is 0 Å². The fourth-order valence-electron chi connectivity index (χ4n) is 2.51. The minimum atomic E-state index is 0.0413. The van der Waals surface area contributed by atoms with Gasteiger partial charge in [-0.25, -0.2) is 0 Å². The van der Waals surface area contributed by atoms with Crippen LogP contribution in [0.5, 0.6) is 0 Å². The molecule has 1 aliphatic heterocycles. The number of carbonyl (C=O) groups is 1. The molecule has 0 spiro atoms. The van der Waals surface area contributed by atoms with E-state index in [4.69, 9.17) is 0 Å². The summed E-state index contributed by atoms with van der Waals surface area (Å²) >= 11 is 1.75. The molecule has 0 N–H and O–H groups in total. The van der Waals surface area contributed by atoms with Crippen LogP contribution in [-0.4, -0.2) is 5.78 Å². The maximum Gasteiger partial charge on any atom is 0.166 e. The van der Waals surface area contributed by atoms with E-state index in [9.17, 15) is 4.79 Å². The normalized spacial score (nSPS) is 23.1. The Kier molecular flexibility index (Phi) is 2.48. The van der Waals surface area contributed by atoms with E-state index in [2.05, 4.69) is 31.2 Å². The maximum absolute atomic E-state index is 12.2. The van der Waals surface area contributed by atoms with Crippen molar-refractivity contribution in [2.45, 2.75) is 25.2 Å². The number of carbonyl (C=O) groups excluding carboxylic acids is 1. The summed E-state index contributed by atoms with van der Waals surface area (Å²) in [4.78, 5) is 14.7. The highest BCUT2D eigenvalue weighted by Crippen LogP contribution is 2.44. The second kappa shape index (κ2) is 3.88. The average Bonchev–Trinajstić information content (AvgIpc) is 2.34. The zero-order chi connectivity index (χ0) is 12.0. The van der Waals surface area contributed by atoms with Crippen LogP contribution in [0.1, 0.15) is 19.4 Å². The SMILES string of the molecule is CC1=CC(C)C(=O)C2=C1Sc1ccccc1C2. The van der Waals surface area contributed by atoms with Gasteiger partial charge < -0.3 is 0 Å². The highest BCUT2D eigenvalue weighted by Gasteiger charge is 2.29. The Labute approximate surface area is 106 Å². The molecule has 0 saturated heterocycles. The third-order valence-electron chi connectivity index (χ3n) is 3.40. The zero-order valence-electron chi connectivity index (χ0n) is 9.99. The predicted octanol–water partition coefficient (Wildman–Crippen LogP) is 3.75. The van der Waals surface area contributed by atoms with E-state index in [0.29, 0.717) is 5.78 Å². The van der Waals surface area contributed by atoms with Gasteiger partial charge in [0.2, 0.25) is 0 Å². The molecule has 0 aromatic heterocycles. The Morgan fingerprint density at radius 1 is 1.29 bits per heavy atom. The number of rotatable bonds is 0. The zero-order valence-corrected chi connectivity index (χ0v) is 10.8. The third-order valence-corrected chi connectivity index (χ3v) is 4.79. The highest BCUT2D eigenvalue weighted by atomic mass is 32.2. The van der Waals surface area contributed by atoms with Crippen molar-refractivity contribution in [3.05, 3.63) is 52.0 Å². The molecular formula is C15H14OS. The van der Waals surface area contributed by atoms with Gasteiger partial charge in [0.25, 0.3) is 0 Å². The Balaban J connectivity index is 2.10. The van der Waals surface area contributed by atoms with Crippen LogP contribution in [-0.2, 0) is 11.2 Å². The van der Waals surface area contributed by atoms with Crippen molar-refractivity contribution in [2.75, 3.05) is 0 Å². The number of allylic oxidation sites excluding steroid dienone is 3. The van der Waals surface area contributed by atoms with Crippen LogP contribution in [0.3, 0.4) is 0 Å². The lowest BCUT2D eigenvalue weighted by molar-refractivity contribution is -0.117. The van der Waals surface area contributed by atoms with Crippen molar-refractivity contribution in [3.8, 4) is 0 Å². The average molecular weight is 242 g/mol. The van der Waals surface area contributed by atoms with Gasteiger partial charge in [-0.05, 0) is 24.1 Å². The first-order valence-electron chi connectivity index (χ1n) is 5.88. The van der Waals surface area contributed by atoms with Gasteiger partial charge in [0.15, 0.2) is 5.78 Å². The van der Waals surface area contributed by atoms with Crippen LogP contribution >= 0.6 is 11.8 Å². The lowest BCUT2D eigenvalue weighted by Crippen LogP contribution is -2.21. The summed E-state index contributed by atoms with van der Waals surface area (Å²) in [5, 5.41) is 0. The summed E-state index contributed by atoms with van der Waals surface area (Å²) in [7, 11) is 0. The molecule has 0 bridgehead atoms. The van der Waals surface area contributed by atoms with Crippen LogP contribution in [0.15, 0.2) is 51.3 Å². The molecule has 1 heterocycles. The summed E-state index contributed by atoms with van der Waals surface area (Å²) in [6.45, 7) is 4.10. The molecule has 1 aromatic carbocycles. The monoisotopic (exact) mass is 242 g/mol. The van der Waals surface area contributed by atoms with E-state index in [1.165, 1.54) is 20.9 Å². The van der Waals surface area contributed by atoms with E-state index < -0.39 is 0 Å². The smallest absolute Gasteiger partial charge is 0.166 e. The van der Waals surface area contributed by atoms with Crippen LogP contribution in [0.25, 0.3) is 0 Å². The molecular weight excluding hydrogens is 228 g/mol. The van der Waals surface area contributed by atoms with E-state index in [1.807, 2.05) is 13.0 Å². The van der Waals surface area contributed by atoms with Gasteiger partial charge in [0, 0.05) is 27.7 Å². The number of hydrogen-bond acceptors (Lipinski definition) is 2. The molecule has 0 amide bonds. The minimum absolute atomic E-state index is 0.0413. The highest BCUT2D eigenvalue weighted by molar-refractivity contribution is 8.03. The standard InChI is InChI=1S/C15H14OS/c1-9-7-10(2)15-12(14(9)16)8-11-5-3-4-6-13(11)17-15/h3-7,9H,8H2,1-2H3. The van der Waals surface area contributed by atoms with Gasteiger partial charge in [-0.1, -0.05) is 43.0 Å². The van der Waals surface area contributed by atoms with Crippen molar-refractivity contribution in [3.63, 3.8) is 0 Å². The molecule has 1 aliphatic carbocycles. The van der Waals surface area contributed by atoms with Crippen molar-refractivity contribution in [1.29, 1.82) is 0 Å². The van der Waals surface area contributed by atoms with Gasteiger partial charge in [-0.3, -0.25) is 4.79 Å². The minimum Gasteiger partial charge on any atom is -0.294 e. The van der Waals surface area contributed by atoms with Gasteiger partial charge in [-0.15, -0.1) is 0 Å². The molecule has 0 saturated carbocycles. The van der Waals surface area contributed by atoms with Crippen LogP contribution in [0.2, 0.25) is 0 Å². The molecule has 1 aromatic rings. The van der Waals surface area contributed by atoms with Crippen LogP contribution in [0, 0.1) is 5.92 Å². The molecule has 86 valence electrons. The Morgan fingerprint density at radius 3 is 2.88 bits per heavy atom. The summed E-state index contributed by atoms with van der Waals surface area (Å²) in [6, 6.07) is 8.37. The van der Waals surface area contributed by atoms with Gasteiger partial charge in [0.05, 0.1) is 0 Å². The van der Waals surface area contributed by atoms with Crippen molar-refractivity contribution < 1.29 is 4.79 Å². The molecule has 2 heteroatoms. The van der Waals surface area contributed by atoms with Crippen molar-refractivity contribution >= 4 is 17.5 Å². The molecule has 17 heavy (non-hydrogen) atoms. The fraction of sp³-hybridized carbons (Fsp3) is 0.267. The second-order valence-electron chi connectivity index (χ2n) is 4.70. The first-order chi connectivity index (χ1) is 8.16. The van der Waals surface area contributed by atoms with E-state index >= 15 is 0 Å².